The zero-order valence-electron chi connectivity index (χ0n) is 12.3. The molecule has 2 amide bonds. The molecule has 0 radical (unpaired) electrons. The molecule has 0 aliphatic heterocycles. The minimum atomic E-state index is -0.0348. The highest BCUT2D eigenvalue weighted by atomic mass is 16.3. The Hall–Kier alpha value is -2.50. The fourth-order valence-electron chi connectivity index (χ4n) is 1.95. The smallest absolute Gasteiger partial charge is 0.220 e. The zero-order valence-corrected chi connectivity index (χ0v) is 12.3. The van der Waals surface area contributed by atoms with Crippen molar-refractivity contribution in [2.24, 2.45) is 0 Å². The van der Waals surface area contributed by atoms with E-state index in [1.54, 1.807) is 24.7 Å². The van der Waals surface area contributed by atoms with Gasteiger partial charge in [-0.15, -0.1) is 0 Å². The van der Waals surface area contributed by atoms with Gasteiger partial charge in [-0.05, 0) is 37.1 Å². The molecule has 0 saturated heterocycles. The molecule has 22 heavy (non-hydrogen) atoms. The molecular weight excluding hydrogens is 284 g/mol. The van der Waals surface area contributed by atoms with Crippen molar-refractivity contribution in [1.29, 1.82) is 0 Å². The quantitative estimate of drug-likeness (QED) is 0.697. The van der Waals surface area contributed by atoms with Crippen LogP contribution in [0.1, 0.15) is 37.2 Å². The molecule has 0 unspecified atom stereocenters. The van der Waals surface area contributed by atoms with Gasteiger partial charge in [0.2, 0.25) is 11.8 Å². The second-order valence-corrected chi connectivity index (χ2v) is 4.92. The predicted molar refractivity (Wildman–Crippen MR) is 79.6 cm³/mol. The summed E-state index contributed by atoms with van der Waals surface area (Å²) in [6, 6.07) is 7.18. The second kappa shape index (κ2) is 8.71. The molecule has 2 N–H and O–H groups in total. The number of rotatable bonds is 9. The van der Waals surface area contributed by atoms with Crippen LogP contribution in [-0.4, -0.2) is 11.8 Å². The lowest BCUT2D eigenvalue weighted by atomic mass is 10.2. The minimum absolute atomic E-state index is 0.0348. The lowest BCUT2D eigenvalue weighted by molar-refractivity contribution is -0.123. The summed E-state index contributed by atoms with van der Waals surface area (Å²) in [7, 11) is 0. The first-order valence-corrected chi connectivity index (χ1v) is 7.32. The molecule has 0 atom stereocenters. The van der Waals surface area contributed by atoms with Crippen molar-refractivity contribution in [2.45, 2.75) is 38.8 Å². The van der Waals surface area contributed by atoms with E-state index in [1.807, 2.05) is 12.1 Å². The molecule has 2 heterocycles. The Kier molecular flexibility index (Phi) is 6.29. The molecule has 118 valence electrons. The van der Waals surface area contributed by atoms with Gasteiger partial charge in [0.25, 0.3) is 0 Å². The highest BCUT2D eigenvalue weighted by molar-refractivity contribution is 5.77. The number of nitrogens with one attached hydrogen (secondary N) is 2. The number of carbonyl (C=O) groups is 2. The summed E-state index contributed by atoms with van der Waals surface area (Å²) in [4.78, 5) is 23.2. The number of hydrogen-bond acceptors (Lipinski definition) is 4. The van der Waals surface area contributed by atoms with Gasteiger partial charge in [0.1, 0.15) is 11.5 Å². The number of carbonyl (C=O) groups excluding carboxylic acids is 2. The van der Waals surface area contributed by atoms with E-state index < -0.39 is 0 Å². The normalized spacial score (nSPS) is 10.4. The van der Waals surface area contributed by atoms with Gasteiger partial charge in [0.05, 0.1) is 25.6 Å². The average molecular weight is 304 g/mol. The largest absolute Gasteiger partial charge is 0.467 e. The molecule has 6 nitrogen and oxygen atoms in total. The van der Waals surface area contributed by atoms with Gasteiger partial charge in [-0.25, -0.2) is 0 Å². The summed E-state index contributed by atoms with van der Waals surface area (Å²) in [5.41, 5.74) is 0. The first-order valence-electron chi connectivity index (χ1n) is 7.32. The molecule has 0 aliphatic carbocycles. The van der Waals surface area contributed by atoms with E-state index in [1.165, 1.54) is 0 Å². The first-order chi connectivity index (χ1) is 10.7. The van der Waals surface area contributed by atoms with Gasteiger partial charge < -0.3 is 19.5 Å². The van der Waals surface area contributed by atoms with E-state index in [0.717, 1.165) is 11.5 Å². The third-order valence-corrected chi connectivity index (χ3v) is 3.14. The molecular formula is C16H20N2O4. The molecule has 6 heteroatoms. The fraction of sp³-hybridized carbons (Fsp3) is 0.375. The molecule has 0 bridgehead atoms. The Balaban J connectivity index is 1.49. The van der Waals surface area contributed by atoms with Crippen molar-refractivity contribution in [3.63, 3.8) is 0 Å². The molecule has 2 aromatic heterocycles. The van der Waals surface area contributed by atoms with Crippen molar-refractivity contribution in [1.82, 2.24) is 10.6 Å². The van der Waals surface area contributed by atoms with Crippen LogP contribution in [0.5, 0.6) is 0 Å². The standard InChI is InChI=1S/C16H20N2O4/c19-15(17-11-13-5-3-9-21-13)7-1-2-8-16(20)18-12-14-6-4-10-22-14/h3-6,9-10H,1-2,7-8,11-12H2,(H,17,19)(H,18,20). The Morgan fingerprint density at radius 2 is 1.27 bits per heavy atom. The van der Waals surface area contributed by atoms with Crippen molar-refractivity contribution in [3.05, 3.63) is 48.3 Å². The van der Waals surface area contributed by atoms with Crippen LogP contribution in [0.15, 0.2) is 45.6 Å². The number of hydrogen-bond donors (Lipinski definition) is 2. The maximum atomic E-state index is 11.6. The molecule has 0 fully saturated rings. The summed E-state index contributed by atoms with van der Waals surface area (Å²) >= 11 is 0. The van der Waals surface area contributed by atoms with Crippen molar-refractivity contribution >= 4 is 11.8 Å². The Morgan fingerprint density at radius 3 is 1.64 bits per heavy atom. The number of unbranched alkanes of at least 4 members (excludes halogenated alkanes) is 1. The second-order valence-electron chi connectivity index (χ2n) is 4.92. The average Bonchev–Trinajstić information content (AvgIpc) is 3.20. The van der Waals surface area contributed by atoms with E-state index in [4.69, 9.17) is 8.83 Å². The minimum Gasteiger partial charge on any atom is -0.467 e. The first kappa shape index (κ1) is 15.9. The van der Waals surface area contributed by atoms with Gasteiger partial charge in [-0.2, -0.15) is 0 Å². The van der Waals surface area contributed by atoms with Gasteiger partial charge in [0.15, 0.2) is 0 Å². The van der Waals surface area contributed by atoms with E-state index in [-0.39, 0.29) is 11.8 Å². The highest BCUT2D eigenvalue weighted by Crippen LogP contribution is 2.03. The lowest BCUT2D eigenvalue weighted by Gasteiger charge is -2.04. The van der Waals surface area contributed by atoms with Crippen molar-refractivity contribution < 1.29 is 18.4 Å². The van der Waals surface area contributed by atoms with E-state index >= 15 is 0 Å². The van der Waals surface area contributed by atoms with Gasteiger partial charge in [-0.1, -0.05) is 0 Å². The van der Waals surface area contributed by atoms with Crippen LogP contribution in [0.25, 0.3) is 0 Å². The molecule has 2 rings (SSSR count). The predicted octanol–water partition coefficient (Wildman–Crippen LogP) is 2.37. The van der Waals surface area contributed by atoms with Crippen LogP contribution >= 0.6 is 0 Å². The Labute approximate surface area is 128 Å². The van der Waals surface area contributed by atoms with Crippen molar-refractivity contribution in [3.8, 4) is 0 Å². The third kappa shape index (κ3) is 5.87. The van der Waals surface area contributed by atoms with Crippen molar-refractivity contribution in [2.75, 3.05) is 0 Å². The number of furan rings is 2. The molecule has 0 spiro atoms. The Morgan fingerprint density at radius 1 is 0.818 bits per heavy atom. The maximum Gasteiger partial charge on any atom is 0.220 e. The summed E-state index contributed by atoms with van der Waals surface area (Å²) in [5.74, 6) is 1.39. The Bertz CT molecular complexity index is 509. The van der Waals surface area contributed by atoms with E-state index in [0.29, 0.717) is 38.8 Å². The molecule has 0 aromatic carbocycles. The summed E-state index contributed by atoms with van der Waals surface area (Å²) in [6.07, 6.45) is 5.32. The van der Waals surface area contributed by atoms with E-state index in [2.05, 4.69) is 10.6 Å². The summed E-state index contributed by atoms with van der Waals surface area (Å²) < 4.78 is 10.2. The SMILES string of the molecule is O=C(CCCCC(=O)NCc1ccco1)NCc1ccco1. The van der Waals surface area contributed by atoms with Crippen LogP contribution in [-0.2, 0) is 22.7 Å². The van der Waals surface area contributed by atoms with Crippen LogP contribution < -0.4 is 10.6 Å². The molecule has 0 aliphatic rings. The van der Waals surface area contributed by atoms with Crippen LogP contribution in [0.3, 0.4) is 0 Å². The summed E-state index contributed by atoms with van der Waals surface area (Å²) in [5, 5.41) is 5.54. The van der Waals surface area contributed by atoms with Gasteiger partial charge in [0, 0.05) is 12.8 Å². The van der Waals surface area contributed by atoms with Crippen LogP contribution in [0, 0.1) is 0 Å². The third-order valence-electron chi connectivity index (χ3n) is 3.14. The monoisotopic (exact) mass is 304 g/mol. The maximum absolute atomic E-state index is 11.6. The van der Waals surface area contributed by atoms with E-state index in [9.17, 15) is 9.59 Å². The van der Waals surface area contributed by atoms with Gasteiger partial charge >= 0.3 is 0 Å². The topological polar surface area (TPSA) is 84.5 Å². The summed E-state index contributed by atoms with van der Waals surface area (Å²) in [6.45, 7) is 0.797. The zero-order chi connectivity index (χ0) is 15.6. The number of amides is 2. The van der Waals surface area contributed by atoms with Gasteiger partial charge in [-0.3, -0.25) is 9.59 Å². The highest BCUT2D eigenvalue weighted by Gasteiger charge is 2.05. The van der Waals surface area contributed by atoms with Crippen LogP contribution in [0.2, 0.25) is 0 Å². The molecule has 0 saturated carbocycles. The molecule has 2 aromatic rings. The lowest BCUT2D eigenvalue weighted by Crippen LogP contribution is -2.23. The fourth-order valence-corrected chi connectivity index (χ4v) is 1.95. The van der Waals surface area contributed by atoms with Crippen LogP contribution in [0.4, 0.5) is 0 Å².